The Balaban J connectivity index is 3.10. The average Bonchev–Trinajstić information content (AvgIpc) is 1.96. The van der Waals surface area contributed by atoms with Crippen LogP contribution in [-0.2, 0) is 0 Å². The summed E-state index contributed by atoms with van der Waals surface area (Å²) in [5, 5.41) is 0. The largest absolute Gasteiger partial charge is 0.493 e. The molecule has 12 heavy (non-hydrogen) atoms. The van der Waals surface area contributed by atoms with E-state index in [1.807, 2.05) is 32.9 Å². The predicted octanol–water partition coefficient (Wildman–Crippen LogP) is 1.50. The molecular weight excluding hydrogens is 147 g/mol. The third kappa shape index (κ3) is 1.82. The van der Waals surface area contributed by atoms with Gasteiger partial charge in [-0.25, -0.2) is 0 Å². The van der Waals surface area contributed by atoms with Crippen molar-refractivity contribution in [2.45, 2.75) is 20.8 Å². The fourth-order valence-electron chi connectivity index (χ4n) is 1.36. The molecule has 2 radical (unpaired) electrons. The molecule has 1 aromatic rings. The summed E-state index contributed by atoms with van der Waals surface area (Å²) in [6, 6.07) is 3.86. The Morgan fingerprint density at radius 1 is 1.25 bits per heavy atom. The van der Waals surface area contributed by atoms with Gasteiger partial charge in [-0.1, -0.05) is 17.6 Å². The first-order valence-corrected chi connectivity index (χ1v) is 4.14. The lowest BCUT2D eigenvalue weighted by molar-refractivity contribution is 0.335. The molecule has 0 saturated heterocycles. The Morgan fingerprint density at radius 2 is 1.75 bits per heavy atom. The minimum absolute atomic E-state index is 0.700. The summed E-state index contributed by atoms with van der Waals surface area (Å²) in [5.41, 5.74) is 3.01. The number of aryl methyl sites for hydroxylation is 2. The van der Waals surface area contributed by atoms with E-state index < -0.39 is 0 Å². The van der Waals surface area contributed by atoms with Crippen molar-refractivity contribution < 1.29 is 4.74 Å². The van der Waals surface area contributed by atoms with Crippen LogP contribution in [0.3, 0.4) is 0 Å². The van der Waals surface area contributed by atoms with Gasteiger partial charge in [0.2, 0.25) is 0 Å². The summed E-state index contributed by atoms with van der Waals surface area (Å²) in [4.78, 5) is 0. The first-order valence-electron chi connectivity index (χ1n) is 4.14. The normalized spacial score (nSPS) is 9.92. The lowest BCUT2D eigenvalue weighted by atomic mass is 9.92. The van der Waals surface area contributed by atoms with Crippen LogP contribution in [0.1, 0.15) is 18.1 Å². The molecule has 2 heteroatoms. The SMILES string of the molecule is [B]c1cc(C)c(OCC)c(C)c1. The molecule has 0 aromatic heterocycles. The molecule has 0 aliphatic heterocycles. The Morgan fingerprint density at radius 3 is 2.17 bits per heavy atom. The predicted molar refractivity (Wildman–Crippen MR) is 52.5 cm³/mol. The van der Waals surface area contributed by atoms with Crippen LogP contribution in [-0.4, -0.2) is 14.5 Å². The summed E-state index contributed by atoms with van der Waals surface area (Å²) >= 11 is 0. The van der Waals surface area contributed by atoms with E-state index in [0.29, 0.717) is 6.61 Å². The molecule has 1 rings (SSSR count). The van der Waals surface area contributed by atoms with Crippen LogP contribution in [0.2, 0.25) is 0 Å². The zero-order valence-corrected chi connectivity index (χ0v) is 7.85. The van der Waals surface area contributed by atoms with Gasteiger partial charge in [-0.15, -0.1) is 0 Å². The zero-order chi connectivity index (χ0) is 9.14. The fourth-order valence-corrected chi connectivity index (χ4v) is 1.36. The molecule has 0 aliphatic rings. The maximum absolute atomic E-state index is 5.67. The molecule has 0 aliphatic carbocycles. The van der Waals surface area contributed by atoms with Gasteiger partial charge in [-0.05, 0) is 31.9 Å². The molecule has 0 bridgehead atoms. The van der Waals surface area contributed by atoms with Crippen LogP contribution < -0.4 is 10.2 Å². The van der Waals surface area contributed by atoms with Crippen molar-refractivity contribution in [1.82, 2.24) is 0 Å². The second-order valence-electron chi connectivity index (χ2n) is 2.92. The fraction of sp³-hybridized carbons (Fsp3) is 0.400. The lowest BCUT2D eigenvalue weighted by Gasteiger charge is -2.11. The Kier molecular flexibility index (Phi) is 2.80. The van der Waals surface area contributed by atoms with Crippen LogP contribution in [0, 0.1) is 13.8 Å². The Hall–Kier alpha value is -0.915. The van der Waals surface area contributed by atoms with Crippen LogP contribution in [0.4, 0.5) is 0 Å². The molecule has 1 nitrogen and oxygen atoms in total. The molecule has 0 amide bonds. The van der Waals surface area contributed by atoms with Gasteiger partial charge in [0.15, 0.2) is 0 Å². The summed E-state index contributed by atoms with van der Waals surface area (Å²) in [7, 11) is 5.67. The number of hydrogen-bond acceptors (Lipinski definition) is 1. The molecule has 0 fully saturated rings. The second kappa shape index (κ2) is 3.66. The van der Waals surface area contributed by atoms with Gasteiger partial charge in [0, 0.05) is 0 Å². The van der Waals surface area contributed by atoms with Crippen LogP contribution in [0.5, 0.6) is 5.75 Å². The van der Waals surface area contributed by atoms with Gasteiger partial charge in [0.1, 0.15) is 13.6 Å². The third-order valence-corrected chi connectivity index (χ3v) is 1.77. The number of hydrogen-bond donors (Lipinski definition) is 0. The van der Waals surface area contributed by atoms with E-state index in [0.717, 1.165) is 22.3 Å². The van der Waals surface area contributed by atoms with E-state index in [2.05, 4.69) is 0 Å². The molecule has 0 heterocycles. The van der Waals surface area contributed by atoms with Gasteiger partial charge >= 0.3 is 0 Å². The smallest absolute Gasteiger partial charge is 0.125 e. The average molecular weight is 160 g/mol. The topological polar surface area (TPSA) is 9.23 Å². The standard InChI is InChI=1S/C10H13BO/c1-4-12-10-7(2)5-9(11)6-8(10)3/h5-6H,4H2,1-3H3. The highest BCUT2D eigenvalue weighted by Crippen LogP contribution is 2.20. The van der Waals surface area contributed by atoms with Gasteiger partial charge in [-0.2, -0.15) is 0 Å². The van der Waals surface area contributed by atoms with Crippen molar-refractivity contribution in [3.8, 4) is 5.75 Å². The maximum Gasteiger partial charge on any atom is 0.125 e. The van der Waals surface area contributed by atoms with Crippen LogP contribution in [0.25, 0.3) is 0 Å². The van der Waals surface area contributed by atoms with E-state index in [1.165, 1.54) is 0 Å². The van der Waals surface area contributed by atoms with Gasteiger partial charge in [-0.3, -0.25) is 0 Å². The minimum Gasteiger partial charge on any atom is -0.493 e. The van der Waals surface area contributed by atoms with E-state index >= 15 is 0 Å². The highest BCUT2D eigenvalue weighted by Gasteiger charge is 2.02. The highest BCUT2D eigenvalue weighted by atomic mass is 16.5. The molecule has 0 spiro atoms. The Labute approximate surface area is 75.2 Å². The molecule has 1 aromatic carbocycles. The lowest BCUT2D eigenvalue weighted by Crippen LogP contribution is -2.06. The van der Waals surface area contributed by atoms with Crippen molar-refractivity contribution >= 4 is 13.3 Å². The molecular formula is C10H13BO. The van der Waals surface area contributed by atoms with E-state index in [-0.39, 0.29) is 0 Å². The highest BCUT2D eigenvalue weighted by molar-refractivity contribution is 6.32. The summed E-state index contributed by atoms with van der Waals surface area (Å²) in [5.74, 6) is 0.965. The first-order chi connectivity index (χ1) is 5.65. The third-order valence-electron chi connectivity index (χ3n) is 1.77. The van der Waals surface area contributed by atoms with E-state index in [1.54, 1.807) is 0 Å². The van der Waals surface area contributed by atoms with Crippen molar-refractivity contribution in [3.05, 3.63) is 23.3 Å². The number of ether oxygens (including phenoxy) is 1. The van der Waals surface area contributed by atoms with Crippen molar-refractivity contribution in [2.24, 2.45) is 0 Å². The Bertz CT molecular complexity index is 258. The van der Waals surface area contributed by atoms with Gasteiger partial charge < -0.3 is 4.74 Å². The number of rotatable bonds is 2. The molecule has 62 valence electrons. The van der Waals surface area contributed by atoms with Crippen LogP contribution >= 0.6 is 0 Å². The molecule has 0 unspecified atom stereocenters. The summed E-state index contributed by atoms with van der Waals surface area (Å²) < 4.78 is 5.47. The van der Waals surface area contributed by atoms with Crippen LogP contribution in [0.15, 0.2) is 12.1 Å². The first kappa shape index (κ1) is 9.18. The molecule has 0 saturated carbocycles. The minimum atomic E-state index is 0.700. The van der Waals surface area contributed by atoms with Crippen molar-refractivity contribution in [1.29, 1.82) is 0 Å². The maximum atomic E-state index is 5.67. The quantitative estimate of drug-likeness (QED) is 0.595. The summed E-state index contributed by atoms with van der Waals surface area (Å²) in [6.07, 6.45) is 0. The molecule has 0 N–H and O–H groups in total. The van der Waals surface area contributed by atoms with Crippen molar-refractivity contribution in [2.75, 3.05) is 6.61 Å². The second-order valence-corrected chi connectivity index (χ2v) is 2.92. The number of benzene rings is 1. The monoisotopic (exact) mass is 160 g/mol. The van der Waals surface area contributed by atoms with E-state index in [4.69, 9.17) is 12.6 Å². The van der Waals surface area contributed by atoms with Crippen molar-refractivity contribution in [3.63, 3.8) is 0 Å². The summed E-state index contributed by atoms with van der Waals surface area (Å²) in [6.45, 7) is 6.70. The van der Waals surface area contributed by atoms with Gasteiger partial charge in [0.05, 0.1) is 6.61 Å². The van der Waals surface area contributed by atoms with E-state index in [9.17, 15) is 0 Å². The van der Waals surface area contributed by atoms with Gasteiger partial charge in [0.25, 0.3) is 0 Å². The molecule has 0 atom stereocenters. The zero-order valence-electron chi connectivity index (χ0n) is 7.85.